The van der Waals surface area contributed by atoms with E-state index < -0.39 is 0 Å². The molecule has 0 radical (unpaired) electrons. The van der Waals surface area contributed by atoms with Gasteiger partial charge in [0.25, 0.3) is 5.91 Å². The van der Waals surface area contributed by atoms with Gasteiger partial charge in [0.1, 0.15) is 0 Å². The topological polar surface area (TPSA) is 80.9 Å². The van der Waals surface area contributed by atoms with E-state index in [-0.39, 0.29) is 11.8 Å². The number of thioether (sulfide) groups is 1. The third kappa shape index (κ3) is 7.02. The van der Waals surface area contributed by atoms with E-state index in [2.05, 4.69) is 66.9 Å². The highest BCUT2D eigenvalue weighted by molar-refractivity contribution is 8.12. The van der Waals surface area contributed by atoms with Crippen molar-refractivity contribution in [2.24, 2.45) is 11.7 Å². The molecule has 0 aliphatic heterocycles. The number of nitrogens with zero attached hydrogens (tertiary/aromatic N) is 2. The van der Waals surface area contributed by atoms with E-state index in [1.54, 1.807) is 18.5 Å². The molecule has 1 unspecified atom stereocenters. The highest BCUT2D eigenvalue weighted by Gasteiger charge is 2.20. The van der Waals surface area contributed by atoms with Gasteiger partial charge in [-0.25, -0.2) is 9.97 Å². The van der Waals surface area contributed by atoms with E-state index >= 15 is 0 Å². The van der Waals surface area contributed by atoms with Crippen LogP contribution in [-0.2, 0) is 4.79 Å². The van der Waals surface area contributed by atoms with Crippen LogP contribution in [0.3, 0.4) is 0 Å². The van der Waals surface area contributed by atoms with Crippen molar-refractivity contribution in [2.75, 3.05) is 6.54 Å². The molecule has 0 bridgehead atoms. The number of nitrogens with one attached hydrogen (secondary N) is 1. The summed E-state index contributed by atoms with van der Waals surface area (Å²) < 4.78 is 0. The number of hydrogen-bond donors (Lipinski definition) is 2. The summed E-state index contributed by atoms with van der Waals surface area (Å²) in [4.78, 5) is 22.5. The number of hydrogen-bond acceptors (Lipinski definition) is 5. The van der Waals surface area contributed by atoms with Gasteiger partial charge in [0.05, 0.1) is 4.91 Å². The Bertz CT molecular complexity index is 876. The lowest BCUT2D eigenvalue weighted by atomic mass is 9.90. The summed E-state index contributed by atoms with van der Waals surface area (Å²) >= 11 is 1.23. The molecule has 0 aliphatic rings. The predicted octanol–water partition coefficient (Wildman–Crippen LogP) is 5.02. The van der Waals surface area contributed by atoms with Crippen LogP contribution in [0.5, 0.6) is 0 Å². The molecule has 5 nitrogen and oxygen atoms in total. The number of aromatic nitrogens is 2. The Kier molecular flexibility index (Phi) is 9.12. The molecule has 1 aromatic carbocycles. The van der Waals surface area contributed by atoms with Crippen molar-refractivity contribution < 1.29 is 4.79 Å². The van der Waals surface area contributed by atoms with Crippen LogP contribution in [0, 0.1) is 12.8 Å². The first-order valence-corrected chi connectivity index (χ1v) is 11.1. The average molecular weight is 425 g/mol. The maximum Gasteiger partial charge on any atom is 0.259 e. The molecule has 6 heteroatoms. The highest BCUT2D eigenvalue weighted by Crippen LogP contribution is 2.32. The molecule has 0 saturated carbocycles. The third-order valence-electron chi connectivity index (χ3n) is 4.73. The van der Waals surface area contributed by atoms with Crippen LogP contribution < -0.4 is 11.1 Å². The monoisotopic (exact) mass is 424 g/mol. The standard InChI is InChI=1S/C24H32N4OS/c1-6-21(25)22(30-18(5)23-26-12-7-13-27-23)24(29)28-15-20(14-16(2)3)19-10-8-17(4)9-11-19/h7-13,16,20H,5-6,14-15,25H2,1-4H3,(H,28,29)/b22-21-. The van der Waals surface area contributed by atoms with Crippen molar-refractivity contribution in [3.8, 4) is 0 Å². The molecule has 30 heavy (non-hydrogen) atoms. The van der Waals surface area contributed by atoms with Gasteiger partial charge in [-0.2, -0.15) is 0 Å². The summed E-state index contributed by atoms with van der Waals surface area (Å²) in [5.74, 6) is 1.07. The number of aryl methyl sites for hydroxylation is 1. The molecular formula is C24H32N4OS. The van der Waals surface area contributed by atoms with E-state index in [1.165, 1.54) is 22.9 Å². The van der Waals surface area contributed by atoms with Gasteiger partial charge in [-0.3, -0.25) is 4.79 Å². The number of rotatable bonds is 10. The van der Waals surface area contributed by atoms with Gasteiger partial charge in [0.2, 0.25) is 0 Å². The van der Waals surface area contributed by atoms with Crippen LogP contribution in [0.25, 0.3) is 4.91 Å². The second kappa shape index (κ2) is 11.6. The van der Waals surface area contributed by atoms with Crippen LogP contribution in [-0.4, -0.2) is 22.4 Å². The van der Waals surface area contributed by atoms with Crippen molar-refractivity contribution in [1.29, 1.82) is 0 Å². The van der Waals surface area contributed by atoms with Gasteiger partial charge < -0.3 is 11.1 Å². The lowest BCUT2D eigenvalue weighted by Gasteiger charge is -2.21. The SMILES string of the molecule is C=C(S/C(C(=O)NCC(CC(C)C)c1ccc(C)cc1)=C(\N)CC)c1ncccn1. The first kappa shape index (κ1) is 23.7. The van der Waals surface area contributed by atoms with Gasteiger partial charge in [-0.1, -0.05) is 68.9 Å². The second-order valence-corrected chi connectivity index (χ2v) is 8.86. The van der Waals surface area contributed by atoms with Crippen LogP contribution in [0.15, 0.2) is 59.9 Å². The molecule has 1 amide bonds. The molecule has 160 valence electrons. The van der Waals surface area contributed by atoms with Crippen LogP contribution in [0.2, 0.25) is 0 Å². The summed E-state index contributed by atoms with van der Waals surface area (Å²) in [6.07, 6.45) is 4.87. The van der Waals surface area contributed by atoms with Gasteiger partial charge in [0, 0.05) is 35.5 Å². The first-order valence-electron chi connectivity index (χ1n) is 10.3. The maximum absolute atomic E-state index is 13.0. The van der Waals surface area contributed by atoms with Crippen molar-refractivity contribution in [3.63, 3.8) is 0 Å². The van der Waals surface area contributed by atoms with E-state index in [9.17, 15) is 4.79 Å². The molecule has 1 atom stereocenters. The Morgan fingerprint density at radius 2 is 1.83 bits per heavy atom. The van der Waals surface area contributed by atoms with E-state index in [0.717, 1.165) is 6.42 Å². The number of carbonyl (C=O) groups excluding carboxylic acids is 1. The third-order valence-corrected chi connectivity index (χ3v) is 5.81. The van der Waals surface area contributed by atoms with Crippen LogP contribution >= 0.6 is 11.8 Å². The molecule has 1 aromatic heterocycles. The van der Waals surface area contributed by atoms with Gasteiger partial charge in [-0.15, -0.1) is 0 Å². The average Bonchev–Trinajstić information content (AvgIpc) is 2.75. The molecule has 3 N–H and O–H groups in total. The Balaban J connectivity index is 2.13. The van der Waals surface area contributed by atoms with E-state index in [1.807, 2.05) is 6.92 Å². The molecule has 0 saturated heterocycles. The molecule has 2 rings (SSSR count). The van der Waals surface area contributed by atoms with Crippen LogP contribution in [0.4, 0.5) is 0 Å². The Hall–Kier alpha value is -2.60. The lowest BCUT2D eigenvalue weighted by molar-refractivity contribution is -0.116. The Morgan fingerprint density at radius 3 is 2.40 bits per heavy atom. The van der Waals surface area contributed by atoms with Crippen molar-refractivity contribution in [3.05, 3.63) is 76.9 Å². The minimum atomic E-state index is -0.183. The first-order chi connectivity index (χ1) is 14.3. The number of allylic oxidation sites excluding steroid dienone is 1. The fourth-order valence-corrected chi connectivity index (χ4v) is 3.95. The van der Waals surface area contributed by atoms with Crippen molar-refractivity contribution >= 4 is 22.6 Å². The van der Waals surface area contributed by atoms with Gasteiger partial charge >= 0.3 is 0 Å². The number of benzene rings is 1. The zero-order valence-corrected chi connectivity index (χ0v) is 19.1. The summed E-state index contributed by atoms with van der Waals surface area (Å²) in [6, 6.07) is 10.3. The van der Waals surface area contributed by atoms with E-state index in [0.29, 0.717) is 40.2 Å². The maximum atomic E-state index is 13.0. The molecule has 0 fully saturated rings. The second-order valence-electron chi connectivity index (χ2n) is 7.75. The van der Waals surface area contributed by atoms with Gasteiger partial charge in [0.15, 0.2) is 5.82 Å². The minimum Gasteiger partial charge on any atom is -0.401 e. The van der Waals surface area contributed by atoms with Crippen molar-refractivity contribution in [2.45, 2.75) is 46.5 Å². The summed E-state index contributed by atoms with van der Waals surface area (Å²) in [5.41, 5.74) is 9.17. The number of nitrogens with two attached hydrogens (primary N) is 1. The highest BCUT2D eigenvalue weighted by atomic mass is 32.2. The van der Waals surface area contributed by atoms with Crippen LogP contribution in [0.1, 0.15) is 56.5 Å². The molecule has 0 aliphatic carbocycles. The number of carbonyl (C=O) groups is 1. The number of amides is 1. The molecular weight excluding hydrogens is 392 g/mol. The molecule has 1 heterocycles. The van der Waals surface area contributed by atoms with Crippen molar-refractivity contribution in [1.82, 2.24) is 15.3 Å². The summed E-state index contributed by atoms with van der Waals surface area (Å²) in [6.45, 7) is 13.0. The predicted molar refractivity (Wildman–Crippen MR) is 127 cm³/mol. The van der Waals surface area contributed by atoms with Gasteiger partial charge in [-0.05, 0) is 37.3 Å². The normalized spacial score (nSPS) is 13.0. The Labute approximate surface area is 184 Å². The molecule has 0 spiro atoms. The summed E-state index contributed by atoms with van der Waals surface area (Å²) in [5, 5.41) is 3.09. The smallest absolute Gasteiger partial charge is 0.259 e. The fourth-order valence-electron chi connectivity index (χ4n) is 3.07. The largest absolute Gasteiger partial charge is 0.401 e. The zero-order valence-electron chi connectivity index (χ0n) is 18.3. The Morgan fingerprint density at radius 1 is 1.20 bits per heavy atom. The van der Waals surface area contributed by atoms with E-state index in [4.69, 9.17) is 5.73 Å². The minimum absolute atomic E-state index is 0.183. The summed E-state index contributed by atoms with van der Waals surface area (Å²) in [7, 11) is 0. The lowest BCUT2D eigenvalue weighted by Crippen LogP contribution is -2.30. The molecule has 2 aromatic rings. The quantitative estimate of drug-likeness (QED) is 0.524. The zero-order chi connectivity index (χ0) is 22.1. The fraction of sp³-hybridized carbons (Fsp3) is 0.375.